The van der Waals surface area contributed by atoms with Gasteiger partial charge >= 0.3 is 0 Å². The molecule has 29 heavy (non-hydrogen) atoms. The molecule has 7 heteroatoms. The van der Waals surface area contributed by atoms with Gasteiger partial charge in [0.15, 0.2) is 5.96 Å². The zero-order valence-corrected chi connectivity index (χ0v) is 17.5. The van der Waals surface area contributed by atoms with Crippen LogP contribution in [-0.2, 0) is 6.54 Å². The number of aliphatic imine (C=N–C) groups is 1. The van der Waals surface area contributed by atoms with Crippen LogP contribution in [0.4, 0.5) is 5.82 Å². The van der Waals surface area contributed by atoms with E-state index in [1.807, 2.05) is 42.0 Å². The fraction of sp³-hybridized carbons (Fsp3) is 0.500. The van der Waals surface area contributed by atoms with Crippen molar-refractivity contribution in [1.29, 1.82) is 0 Å². The van der Waals surface area contributed by atoms with Crippen LogP contribution in [0.3, 0.4) is 0 Å². The van der Waals surface area contributed by atoms with Crippen LogP contribution in [0.1, 0.15) is 25.5 Å². The van der Waals surface area contributed by atoms with E-state index in [0.717, 1.165) is 76.1 Å². The average Bonchev–Trinajstić information content (AvgIpc) is 2.75. The molecule has 2 aromatic heterocycles. The molecule has 0 bridgehead atoms. The minimum atomic E-state index is 0.0765. The molecule has 0 amide bonds. The summed E-state index contributed by atoms with van der Waals surface area (Å²) >= 11 is 0. The first kappa shape index (κ1) is 20.9. The first-order chi connectivity index (χ1) is 14.2. The highest BCUT2D eigenvalue weighted by Crippen LogP contribution is 2.12. The molecule has 1 aliphatic rings. The summed E-state index contributed by atoms with van der Waals surface area (Å²) in [7, 11) is 0. The van der Waals surface area contributed by atoms with Gasteiger partial charge in [-0.05, 0) is 44.9 Å². The molecule has 3 heterocycles. The van der Waals surface area contributed by atoms with Crippen molar-refractivity contribution in [1.82, 2.24) is 19.8 Å². The summed E-state index contributed by atoms with van der Waals surface area (Å²) in [6.07, 6.45) is 3.75. The van der Waals surface area contributed by atoms with E-state index in [4.69, 9.17) is 4.99 Å². The summed E-state index contributed by atoms with van der Waals surface area (Å²) in [6, 6.07) is 11.5. The predicted octanol–water partition coefficient (Wildman–Crippen LogP) is 2.12. The minimum absolute atomic E-state index is 0.0765. The lowest BCUT2D eigenvalue weighted by Crippen LogP contribution is -2.52. The van der Waals surface area contributed by atoms with Crippen molar-refractivity contribution in [3.05, 3.63) is 58.6 Å². The molecule has 3 rings (SSSR count). The molecule has 1 fully saturated rings. The topological polar surface area (TPSA) is 65.8 Å². The first-order valence-corrected chi connectivity index (χ1v) is 10.5. The number of nitrogens with one attached hydrogen (secondary N) is 1. The van der Waals surface area contributed by atoms with Gasteiger partial charge in [0.05, 0.1) is 0 Å². The Bertz CT molecular complexity index is 840. The van der Waals surface area contributed by atoms with Gasteiger partial charge in [0.2, 0.25) is 0 Å². The fourth-order valence-electron chi connectivity index (χ4n) is 3.59. The Morgan fingerprint density at radius 3 is 2.62 bits per heavy atom. The van der Waals surface area contributed by atoms with Crippen LogP contribution in [0.5, 0.6) is 0 Å². The van der Waals surface area contributed by atoms with Crippen molar-refractivity contribution >= 4 is 11.8 Å². The van der Waals surface area contributed by atoms with Gasteiger partial charge in [-0.2, -0.15) is 0 Å². The number of hydrogen-bond acceptors (Lipinski definition) is 4. The summed E-state index contributed by atoms with van der Waals surface area (Å²) in [5, 5.41) is 3.42. The standard InChI is InChI=1S/C22H32N6O/c1-3-23-22(25-13-6-7-14-28-19(2)9-8-11-21(28)29)27-17-15-26(16-18-27)20-10-4-5-12-24-20/h4-5,8-12H,3,6-7,13-18H2,1-2H3,(H,23,25). The summed E-state index contributed by atoms with van der Waals surface area (Å²) in [6.45, 7) is 10.2. The number of nitrogens with zero attached hydrogens (tertiary/aromatic N) is 5. The predicted molar refractivity (Wildman–Crippen MR) is 119 cm³/mol. The Balaban J connectivity index is 1.48. The van der Waals surface area contributed by atoms with Gasteiger partial charge in [0.1, 0.15) is 5.82 Å². The van der Waals surface area contributed by atoms with E-state index >= 15 is 0 Å². The highest BCUT2D eigenvalue weighted by atomic mass is 16.1. The Hall–Kier alpha value is -2.83. The molecule has 0 aromatic carbocycles. The van der Waals surface area contributed by atoms with Crippen molar-refractivity contribution in [2.24, 2.45) is 4.99 Å². The molecule has 0 aliphatic carbocycles. The third kappa shape index (κ3) is 5.82. The lowest BCUT2D eigenvalue weighted by molar-refractivity contribution is 0.371. The molecular formula is C22H32N6O. The van der Waals surface area contributed by atoms with Crippen LogP contribution in [0.2, 0.25) is 0 Å². The fourth-order valence-corrected chi connectivity index (χ4v) is 3.59. The Morgan fingerprint density at radius 1 is 1.10 bits per heavy atom. The second-order valence-electron chi connectivity index (χ2n) is 7.26. The van der Waals surface area contributed by atoms with Crippen molar-refractivity contribution in [2.45, 2.75) is 33.2 Å². The number of piperazine rings is 1. The normalized spacial score (nSPS) is 14.9. The second kappa shape index (κ2) is 10.6. The number of aryl methyl sites for hydroxylation is 1. The molecule has 2 aromatic rings. The maximum Gasteiger partial charge on any atom is 0.250 e. The van der Waals surface area contributed by atoms with Crippen LogP contribution in [0.25, 0.3) is 0 Å². The SMILES string of the molecule is CCNC(=NCCCCn1c(C)cccc1=O)N1CCN(c2ccccn2)CC1. The summed E-state index contributed by atoms with van der Waals surface area (Å²) in [4.78, 5) is 25.9. The smallest absolute Gasteiger partial charge is 0.250 e. The van der Waals surface area contributed by atoms with E-state index < -0.39 is 0 Å². The van der Waals surface area contributed by atoms with Gasteiger partial charge in [-0.1, -0.05) is 12.1 Å². The summed E-state index contributed by atoms with van der Waals surface area (Å²) in [5.74, 6) is 2.03. The number of pyridine rings is 2. The van der Waals surface area contributed by atoms with E-state index in [9.17, 15) is 4.79 Å². The molecule has 0 radical (unpaired) electrons. The molecule has 0 saturated carbocycles. The minimum Gasteiger partial charge on any atom is -0.357 e. The third-order valence-corrected chi connectivity index (χ3v) is 5.21. The number of aromatic nitrogens is 2. The average molecular weight is 397 g/mol. The lowest BCUT2D eigenvalue weighted by atomic mass is 10.3. The first-order valence-electron chi connectivity index (χ1n) is 10.5. The van der Waals surface area contributed by atoms with Crippen molar-refractivity contribution in [3.8, 4) is 0 Å². The number of rotatable bonds is 7. The maximum atomic E-state index is 11.9. The Labute approximate surface area is 173 Å². The van der Waals surface area contributed by atoms with E-state index in [2.05, 4.69) is 33.1 Å². The molecule has 1 saturated heterocycles. The van der Waals surface area contributed by atoms with Gasteiger partial charge in [0, 0.05) is 63.8 Å². The van der Waals surface area contributed by atoms with Crippen LogP contribution in [0, 0.1) is 6.92 Å². The Morgan fingerprint density at radius 2 is 1.93 bits per heavy atom. The molecule has 0 unspecified atom stereocenters. The van der Waals surface area contributed by atoms with E-state index in [0.29, 0.717) is 0 Å². The second-order valence-corrected chi connectivity index (χ2v) is 7.26. The number of hydrogen-bond donors (Lipinski definition) is 1. The van der Waals surface area contributed by atoms with Crippen LogP contribution >= 0.6 is 0 Å². The number of unbranched alkanes of at least 4 members (excludes halogenated alkanes) is 1. The van der Waals surface area contributed by atoms with Crippen LogP contribution in [0.15, 0.2) is 52.4 Å². The van der Waals surface area contributed by atoms with Crippen molar-refractivity contribution in [2.75, 3.05) is 44.2 Å². The number of guanidine groups is 1. The highest BCUT2D eigenvalue weighted by Gasteiger charge is 2.20. The molecule has 7 nitrogen and oxygen atoms in total. The highest BCUT2D eigenvalue weighted by molar-refractivity contribution is 5.80. The zero-order valence-electron chi connectivity index (χ0n) is 17.5. The van der Waals surface area contributed by atoms with Gasteiger partial charge in [-0.3, -0.25) is 9.79 Å². The summed E-state index contributed by atoms with van der Waals surface area (Å²) < 4.78 is 1.84. The van der Waals surface area contributed by atoms with Crippen LogP contribution in [-0.4, -0.2) is 59.7 Å². The molecule has 0 atom stereocenters. The molecule has 0 spiro atoms. The molecule has 1 N–H and O–H groups in total. The van der Waals surface area contributed by atoms with Crippen LogP contribution < -0.4 is 15.8 Å². The van der Waals surface area contributed by atoms with E-state index in [1.165, 1.54) is 0 Å². The maximum absolute atomic E-state index is 11.9. The van der Waals surface area contributed by atoms with Crippen molar-refractivity contribution in [3.63, 3.8) is 0 Å². The zero-order chi connectivity index (χ0) is 20.5. The lowest BCUT2D eigenvalue weighted by Gasteiger charge is -2.37. The van der Waals surface area contributed by atoms with Crippen molar-refractivity contribution < 1.29 is 0 Å². The monoisotopic (exact) mass is 396 g/mol. The van der Waals surface area contributed by atoms with Gasteiger partial charge in [-0.25, -0.2) is 4.98 Å². The third-order valence-electron chi connectivity index (χ3n) is 5.21. The van der Waals surface area contributed by atoms with E-state index in [-0.39, 0.29) is 5.56 Å². The van der Waals surface area contributed by atoms with Gasteiger partial charge in [0.25, 0.3) is 5.56 Å². The molecule has 1 aliphatic heterocycles. The summed E-state index contributed by atoms with van der Waals surface area (Å²) in [5.41, 5.74) is 1.09. The quantitative estimate of drug-likeness (QED) is 0.441. The number of anilines is 1. The van der Waals surface area contributed by atoms with Gasteiger partial charge < -0.3 is 19.7 Å². The largest absolute Gasteiger partial charge is 0.357 e. The van der Waals surface area contributed by atoms with E-state index in [1.54, 1.807) is 6.07 Å². The Kier molecular flexibility index (Phi) is 7.67. The molecular weight excluding hydrogens is 364 g/mol. The molecule has 156 valence electrons. The van der Waals surface area contributed by atoms with Gasteiger partial charge in [-0.15, -0.1) is 0 Å².